The first kappa shape index (κ1) is 9.69. The number of thiazole rings is 1. The van der Waals surface area contributed by atoms with Crippen molar-refractivity contribution in [3.05, 3.63) is 48.3 Å². The summed E-state index contributed by atoms with van der Waals surface area (Å²) in [7, 11) is 0. The van der Waals surface area contributed by atoms with Crippen LogP contribution in [0.15, 0.2) is 47.1 Å². The van der Waals surface area contributed by atoms with Gasteiger partial charge in [0.1, 0.15) is 11.0 Å². The Kier molecular flexibility index (Phi) is 1.64. The lowest BCUT2D eigenvalue weighted by atomic mass is 10.1. The first-order valence-corrected chi connectivity index (χ1v) is 7.00. The maximum atomic E-state index is 5.92. The molecule has 90 valence electrons. The Morgan fingerprint density at radius 2 is 2.16 bits per heavy atom. The Hall–Kier alpha value is -2.20. The molecular formula is C15H9N2OS+. The lowest BCUT2D eigenvalue weighted by Gasteiger charge is -1.89. The Morgan fingerprint density at radius 3 is 3.16 bits per heavy atom. The van der Waals surface area contributed by atoms with Gasteiger partial charge in [-0.25, -0.2) is 0 Å². The standard InChI is InChI=1S/C15H9N2OS/c1-2-4-10-9(3-1)8-17-13-11-7-16-6-5-12(11)18-15(13)19-14(10)17/h1-7H,8H2/q+1. The van der Waals surface area contributed by atoms with Crippen LogP contribution in [0.25, 0.3) is 32.0 Å². The average molecular weight is 265 g/mol. The van der Waals surface area contributed by atoms with Gasteiger partial charge >= 0.3 is 0 Å². The van der Waals surface area contributed by atoms with Gasteiger partial charge in [-0.15, -0.1) is 0 Å². The van der Waals surface area contributed by atoms with E-state index in [-0.39, 0.29) is 0 Å². The summed E-state index contributed by atoms with van der Waals surface area (Å²) >= 11 is 1.72. The number of nitrogens with zero attached hydrogens (tertiary/aromatic N) is 2. The first-order chi connectivity index (χ1) is 9.42. The lowest BCUT2D eigenvalue weighted by molar-refractivity contribution is -0.641. The molecule has 4 aromatic rings. The molecule has 0 aliphatic carbocycles. The van der Waals surface area contributed by atoms with Gasteiger partial charge in [0.15, 0.2) is 6.54 Å². The van der Waals surface area contributed by atoms with E-state index >= 15 is 0 Å². The molecule has 0 bridgehead atoms. The van der Waals surface area contributed by atoms with E-state index in [2.05, 4.69) is 33.8 Å². The summed E-state index contributed by atoms with van der Waals surface area (Å²) in [5.41, 5.74) is 4.81. The van der Waals surface area contributed by atoms with Crippen molar-refractivity contribution in [1.82, 2.24) is 4.98 Å². The molecule has 0 N–H and O–H groups in total. The van der Waals surface area contributed by atoms with Crippen LogP contribution >= 0.6 is 11.3 Å². The lowest BCUT2D eigenvalue weighted by Crippen LogP contribution is -2.30. The zero-order chi connectivity index (χ0) is 12.4. The zero-order valence-corrected chi connectivity index (χ0v) is 10.8. The van der Waals surface area contributed by atoms with Gasteiger partial charge in [-0.1, -0.05) is 18.2 Å². The van der Waals surface area contributed by atoms with E-state index in [0.717, 1.165) is 22.4 Å². The van der Waals surface area contributed by atoms with Crippen LogP contribution in [0, 0.1) is 0 Å². The van der Waals surface area contributed by atoms with Crippen molar-refractivity contribution in [1.29, 1.82) is 0 Å². The molecule has 4 heterocycles. The molecule has 1 aliphatic heterocycles. The van der Waals surface area contributed by atoms with Gasteiger partial charge in [0.25, 0.3) is 15.4 Å². The van der Waals surface area contributed by atoms with Crippen LogP contribution in [0.2, 0.25) is 0 Å². The molecule has 0 saturated heterocycles. The second-order valence-corrected chi connectivity index (χ2v) is 5.72. The van der Waals surface area contributed by atoms with Crippen molar-refractivity contribution in [2.45, 2.75) is 6.54 Å². The van der Waals surface area contributed by atoms with Gasteiger partial charge in [0, 0.05) is 24.0 Å². The number of pyridine rings is 1. The van der Waals surface area contributed by atoms with Crippen LogP contribution in [0.4, 0.5) is 0 Å². The highest BCUT2D eigenvalue weighted by Gasteiger charge is 2.34. The monoisotopic (exact) mass is 265 g/mol. The highest BCUT2D eigenvalue weighted by Crippen LogP contribution is 2.38. The summed E-state index contributed by atoms with van der Waals surface area (Å²) in [6.07, 6.45) is 3.67. The van der Waals surface area contributed by atoms with E-state index in [1.807, 2.05) is 12.3 Å². The quantitative estimate of drug-likeness (QED) is 0.402. The first-order valence-electron chi connectivity index (χ1n) is 6.19. The van der Waals surface area contributed by atoms with E-state index in [1.54, 1.807) is 17.5 Å². The van der Waals surface area contributed by atoms with Gasteiger partial charge in [-0.2, -0.15) is 4.57 Å². The van der Waals surface area contributed by atoms with Gasteiger partial charge in [-0.3, -0.25) is 4.98 Å². The summed E-state index contributed by atoms with van der Waals surface area (Å²) in [6, 6.07) is 10.5. The fraction of sp³-hybridized carbons (Fsp3) is 0.0667. The van der Waals surface area contributed by atoms with Crippen LogP contribution in [0.1, 0.15) is 5.56 Å². The fourth-order valence-electron chi connectivity index (χ4n) is 2.86. The van der Waals surface area contributed by atoms with Gasteiger partial charge < -0.3 is 4.42 Å². The molecule has 0 unspecified atom stereocenters. The Labute approximate surface area is 112 Å². The second kappa shape index (κ2) is 3.22. The van der Waals surface area contributed by atoms with Crippen LogP contribution in [0.3, 0.4) is 0 Å². The van der Waals surface area contributed by atoms with Crippen molar-refractivity contribution in [2.75, 3.05) is 0 Å². The van der Waals surface area contributed by atoms with Crippen molar-refractivity contribution in [3.63, 3.8) is 0 Å². The Morgan fingerprint density at radius 1 is 1.21 bits per heavy atom. The predicted octanol–water partition coefficient (Wildman–Crippen LogP) is 3.36. The highest BCUT2D eigenvalue weighted by atomic mass is 32.1. The third-order valence-corrected chi connectivity index (χ3v) is 4.81. The smallest absolute Gasteiger partial charge is 0.273 e. The molecule has 1 aliphatic rings. The number of aromatic nitrogens is 2. The number of hydrogen-bond donors (Lipinski definition) is 0. The minimum atomic E-state index is 0.919. The molecule has 5 rings (SSSR count). The van der Waals surface area contributed by atoms with Gasteiger partial charge in [0.05, 0.1) is 5.56 Å². The zero-order valence-electron chi connectivity index (χ0n) is 9.96. The van der Waals surface area contributed by atoms with Gasteiger partial charge in [0.2, 0.25) is 0 Å². The minimum Gasteiger partial charge on any atom is -0.439 e. The third-order valence-electron chi connectivity index (χ3n) is 3.71. The molecule has 0 atom stereocenters. The summed E-state index contributed by atoms with van der Waals surface area (Å²) in [5.74, 6) is 0. The van der Waals surface area contributed by atoms with Crippen LogP contribution in [0.5, 0.6) is 0 Å². The van der Waals surface area contributed by atoms with Crippen molar-refractivity contribution in [3.8, 4) is 10.6 Å². The summed E-state index contributed by atoms with van der Waals surface area (Å²) in [4.78, 5) is 5.21. The molecule has 0 saturated carbocycles. The summed E-state index contributed by atoms with van der Waals surface area (Å²) in [6.45, 7) is 0.926. The van der Waals surface area contributed by atoms with Crippen molar-refractivity contribution >= 4 is 32.7 Å². The minimum absolute atomic E-state index is 0.919. The molecule has 0 spiro atoms. The molecule has 3 aromatic heterocycles. The topological polar surface area (TPSA) is 29.9 Å². The third kappa shape index (κ3) is 1.12. The van der Waals surface area contributed by atoms with E-state index in [9.17, 15) is 0 Å². The molecule has 0 radical (unpaired) electrons. The highest BCUT2D eigenvalue weighted by molar-refractivity contribution is 7.20. The molecule has 3 nitrogen and oxygen atoms in total. The Bertz CT molecular complexity index is 951. The van der Waals surface area contributed by atoms with E-state index in [1.165, 1.54) is 21.7 Å². The predicted molar refractivity (Wildman–Crippen MR) is 74.1 cm³/mol. The van der Waals surface area contributed by atoms with Crippen LogP contribution in [-0.4, -0.2) is 4.98 Å². The number of fused-ring (bicyclic) bond motifs is 7. The number of furan rings is 1. The largest absolute Gasteiger partial charge is 0.439 e. The van der Waals surface area contributed by atoms with Crippen molar-refractivity contribution < 1.29 is 8.98 Å². The fourth-order valence-corrected chi connectivity index (χ4v) is 4.06. The van der Waals surface area contributed by atoms with Crippen LogP contribution in [-0.2, 0) is 6.54 Å². The maximum absolute atomic E-state index is 5.92. The SMILES string of the molecule is c1ccc2c(c1)C[n+]1c-2sc2oc3ccncc3c21. The molecule has 0 amide bonds. The van der Waals surface area contributed by atoms with Crippen LogP contribution < -0.4 is 4.57 Å². The summed E-state index contributed by atoms with van der Waals surface area (Å²) < 4.78 is 8.27. The van der Waals surface area contributed by atoms with Crippen molar-refractivity contribution in [2.24, 2.45) is 0 Å². The van der Waals surface area contributed by atoms with E-state index in [0.29, 0.717) is 0 Å². The molecule has 4 heteroatoms. The molecule has 19 heavy (non-hydrogen) atoms. The second-order valence-electron chi connectivity index (χ2n) is 4.76. The number of rotatable bonds is 0. The average Bonchev–Trinajstić information content (AvgIpc) is 3.05. The normalized spacial score (nSPS) is 13.1. The molecular weight excluding hydrogens is 256 g/mol. The van der Waals surface area contributed by atoms with E-state index in [4.69, 9.17) is 4.42 Å². The molecule has 1 aromatic carbocycles. The summed E-state index contributed by atoms with van der Waals surface area (Å²) in [5, 5.41) is 2.39. The Balaban J connectivity index is 1.94. The number of hydrogen-bond acceptors (Lipinski definition) is 3. The number of benzene rings is 1. The maximum Gasteiger partial charge on any atom is 0.273 e. The van der Waals surface area contributed by atoms with E-state index < -0.39 is 0 Å². The van der Waals surface area contributed by atoms with Gasteiger partial charge in [-0.05, 0) is 17.4 Å². The molecule has 0 fully saturated rings.